The second-order valence-electron chi connectivity index (χ2n) is 5.36. The Morgan fingerprint density at radius 3 is 2.55 bits per heavy atom. The number of nitrogens with zero attached hydrogens (tertiary/aromatic N) is 1. The standard InChI is InChI=1S/C15H22N2O3/c16-15(8-11-18)6-9-17(10-7-15)14(19)20-12-13-4-2-1-3-5-13/h1-5,18H,6-12,16H2. The second-order valence-corrected chi connectivity index (χ2v) is 5.36. The lowest BCUT2D eigenvalue weighted by molar-refractivity contribution is 0.0742. The summed E-state index contributed by atoms with van der Waals surface area (Å²) in [5.74, 6) is 0. The van der Waals surface area contributed by atoms with E-state index in [2.05, 4.69) is 0 Å². The van der Waals surface area contributed by atoms with E-state index >= 15 is 0 Å². The smallest absolute Gasteiger partial charge is 0.410 e. The summed E-state index contributed by atoms with van der Waals surface area (Å²) in [5, 5.41) is 8.98. The number of nitrogens with two attached hydrogens (primary N) is 1. The highest BCUT2D eigenvalue weighted by Gasteiger charge is 2.32. The molecular formula is C15H22N2O3. The molecule has 0 atom stereocenters. The van der Waals surface area contributed by atoms with Crippen molar-refractivity contribution in [2.75, 3.05) is 19.7 Å². The summed E-state index contributed by atoms with van der Waals surface area (Å²) < 4.78 is 5.29. The van der Waals surface area contributed by atoms with E-state index in [4.69, 9.17) is 15.6 Å². The third-order valence-electron chi connectivity index (χ3n) is 3.83. The Bertz CT molecular complexity index is 428. The molecule has 1 heterocycles. The molecule has 0 spiro atoms. The first-order chi connectivity index (χ1) is 9.63. The maximum absolute atomic E-state index is 12.0. The molecule has 0 radical (unpaired) electrons. The molecule has 1 amide bonds. The lowest BCUT2D eigenvalue weighted by Crippen LogP contribution is -2.52. The van der Waals surface area contributed by atoms with Crippen LogP contribution in [-0.2, 0) is 11.3 Å². The summed E-state index contributed by atoms with van der Waals surface area (Å²) >= 11 is 0. The number of ether oxygens (including phenoxy) is 1. The van der Waals surface area contributed by atoms with E-state index in [1.165, 1.54) is 0 Å². The second kappa shape index (κ2) is 6.72. The summed E-state index contributed by atoms with van der Waals surface area (Å²) in [4.78, 5) is 13.6. The largest absolute Gasteiger partial charge is 0.445 e. The van der Waals surface area contributed by atoms with Crippen molar-refractivity contribution in [1.29, 1.82) is 0 Å². The van der Waals surface area contributed by atoms with E-state index in [1.54, 1.807) is 4.90 Å². The molecule has 110 valence electrons. The number of aliphatic hydroxyl groups is 1. The molecule has 5 heteroatoms. The van der Waals surface area contributed by atoms with Gasteiger partial charge in [-0.2, -0.15) is 0 Å². The number of carbonyl (C=O) groups excluding carboxylic acids is 1. The van der Waals surface area contributed by atoms with Crippen LogP contribution in [0.1, 0.15) is 24.8 Å². The first-order valence-electron chi connectivity index (χ1n) is 6.98. The molecule has 0 bridgehead atoms. The van der Waals surface area contributed by atoms with Gasteiger partial charge in [0.15, 0.2) is 0 Å². The first kappa shape index (κ1) is 14.8. The Balaban J connectivity index is 1.77. The molecule has 0 aromatic heterocycles. The number of hydrogen-bond donors (Lipinski definition) is 2. The zero-order valence-electron chi connectivity index (χ0n) is 11.6. The number of aliphatic hydroxyl groups excluding tert-OH is 1. The third-order valence-corrected chi connectivity index (χ3v) is 3.83. The molecule has 0 aliphatic carbocycles. The number of amides is 1. The van der Waals surface area contributed by atoms with Gasteiger partial charge in [-0.05, 0) is 24.8 Å². The number of likely N-dealkylation sites (tertiary alicyclic amines) is 1. The molecule has 1 aliphatic rings. The molecule has 1 saturated heterocycles. The maximum Gasteiger partial charge on any atom is 0.410 e. The number of carbonyl (C=O) groups is 1. The van der Waals surface area contributed by atoms with Crippen LogP contribution in [0.5, 0.6) is 0 Å². The monoisotopic (exact) mass is 278 g/mol. The van der Waals surface area contributed by atoms with Crippen LogP contribution in [0.4, 0.5) is 4.79 Å². The van der Waals surface area contributed by atoms with Gasteiger partial charge in [-0.15, -0.1) is 0 Å². The summed E-state index contributed by atoms with van der Waals surface area (Å²) in [5.41, 5.74) is 6.79. The number of piperidine rings is 1. The fourth-order valence-electron chi connectivity index (χ4n) is 2.42. The molecule has 5 nitrogen and oxygen atoms in total. The van der Waals surface area contributed by atoms with Crippen molar-refractivity contribution in [3.8, 4) is 0 Å². The van der Waals surface area contributed by atoms with Crippen LogP contribution < -0.4 is 5.73 Å². The van der Waals surface area contributed by atoms with E-state index in [0.29, 0.717) is 39.0 Å². The average molecular weight is 278 g/mol. The molecule has 3 N–H and O–H groups in total. The molecule has 1 aromatic carbocycles. The van der Waals surface area contributed by atoms with E-state index < -0.39 is 0 Å². The van der Waals surface area contributed by atoms with E-state index in [1.807, 2.05) is 30.3 Å². The number of hydrogen-bond acceptors (Lipinski definition) is 4. The Labute approximate surface area is 119 Å². The summed E-state index contributed by atoms with van der Waals surface area (Å²) in [7, 11) is 0. The van der Waals surface area contributed by atoms with Gasteiger partial charge in [0, 0.05) is 25.2 Å². The Morgan fingerprint density at radius 2 is 1.95 bits per heavy atom. The van der Waals surface area contributed by atoms with Crippen molar-refractivity contribution >= 4 is 6.09 Å². The van der Waals surface area contributed by atoms with Crippen LogP contribution in [0, 0.1) is 0 Å². The third kappa shape index (κ3) is 3.95. The predicted molar refractivity (Wildman–Crippen MR) is 76.1 cm³/mol. The SMILES string of the molecule is NC1(CCO)CCN(C(=O)OCc2ccccc2)CC1. The van der Waals surface area contributed by atoms with Crippen LogP contribution in [-0.4, -0.2) is 41.3 Å². The zero-order valence-corrected chi connectivity index (χ0v) is 11.6. The molecule has 1 aliphatic heterocycles. The van der Waals surface area contributed by atoms with Gasteiger partial charge in [0.25, 0.3) is 0 Å². The van der Waals surface area contributed by atoms with Crippen molar-refractivity contribution in [3.05, 3.63) is 35.9 Å². The van der Waals surface area contributed by atoms with Crippen molar-refractivity contribution in [2.24, 2.45) is 5.73 Å². The first-order valence-corrected chi connectivity index (χ1v) is 6.98. The van der Waals surface area contributed by atoms with Crippen molar-refractivity contribution in [3.63, 3.8) is 0 Å². The minimum absolute atomic E-state index is 0.0922. The highest BCUT2D eigenvalue weighted by Crippen LogP contribution is 2.23. The lowest BCUT2D eigenvalue weighted by atomic mass is 9.86. The van der Waals surface area contributed by atoms with Gasteiger partial charge in [-0.25, -0.2) is 4.79 Å². The maximum atomic E-state index is 12.0. The topological polar surface area (TPSA) is 75.8 Å². The van der Waals surface area contributed by atoms with Gasteiger partial charge in [0.05, 0.1) is 0 Å². The van der Waals surface area contributed by atoms with Crippen LogP contribution in [0.3, 0.4) is 0 Å². The Hall–Kier alpha value is -1.59. The van der Waals surface area contributed by atoms with Crippen LogP contribution in [0.25, 0.3) is 0 Å². The minimum Gasteiger partial charge on any atom is -0.445 e. The van der Waals surface area contributed by atoms with Gasteiger partial charge in [0.1, 0.15) is 6.61 Å². The molecule has 20 heavy (non-hydrogen) atoms. The average Bonchev–Trinajstić information content (AvgIpc) is 2.47. The Kier molecular flexibility index (Phi) is 4.98. The van der Waals surface area contributed by atoms with Gasteiger partial charge >= 0.3 is 6.09 Å². The normalized spacial score (nSPS) is 17.8. The van der Waals surface area contributed by atoms with Crippen molar-refractivity contribution in [1.82, 2.24) is 4.90 Å². The van der Waals surface area contributed by atoms with Crippen LogP contribution >= 0.6 is 0 Å². The van der Waals surface area contributed by atoms with Crippen LogP contribution in [0.15, 0.2) is 30.3 Å². The molecule has 1 aromatic rings. The lowest BCUT2D eigenvalue weighted by Gasteiger charge is -2.38. The molecule has 0 unspecified atom stereocenters. The van der Waals surface area contributed by atoms with Gasteiger partial charge in [-0.1, -0.05) is 30.3 Å². The summed E-state index contributed by atoms with van der Waals surface area (Å²) in [6, 6.07) is 9.62. The number of benzene rings is 1. The highest BCUT2D eigenvalue weighted by molar-refractivity contribution is 5.67. The van der Waals surface area contributed by atoms with E-state index in [-0.39, 0.29) is 18.2 Å². The molecule has 1 fully saturated rings. The van der Waals surface area contributed by atoms with Crippen molar-refractivity contribution < 1.29 is 14.6 Å². The van der Waals surface area contributed by atoms with Crippen molar-refractivity contribution in [2.45, 2.75) is 31.4 Å². The molecule has 0 saturated carbocycles. The number of rotatable bonds is 4. The van der Waals surface area contributed by atoms with E-state index in [0.717, 1.165) is 5.56 Å². The predicted octanol–water partition coefficient (Wildman–Crippen LogP) is 1.50. The molecule has 2 rings (SSSR count). The summed E-state index contributed by atoms with van der Waals surface area (Å²) in [6.07, 6.45) is 1.70. The molecular weight excluding hydrogens is 256 g/mol. The van der Waals surface area contributed by atoms with Gasteiger partial charge in [-0.3, -0.25) is 0 Å². The highest BCUT2D eigenvalue weighted by atomic mass is 16.6. The zero-order chi connectivity index (χ0) is 14.4. The van der Waals surface area contributed by atoms with E-state index in [9.17, 15) is 4.79 Å². The fraction of sp³-hybridized carbons (Fsp3) is 0.533. The quantitative estimate of drug-likeness (QED) is 0.875. The van der Waals surface area contributed by atoms with Gasteiger partial charge < -0.3 is 20.5 Å². The summed E-state index contributed by atoms with van der Waals surface area (Å²) in [6.45, 7) is 1.56. The Morgan fingerprint density at radius 1 is 1.30 bits per heavy atom. The minimum atomic E-state index is -0.342. The fourth-order valence-corrected chi connectivity index (χ4v) is 2.42. The van der Waals surface area contributed by atoms with Gasteiger partial charge in [0.2, 0.25) is 0 Å². The van der Waals surface area contributed by atoms with Crippen LogP contribution in [0.2, 0.25) is 0 Å².